The van der Waals surface area contributed by atoms with Crippen molar-refractivity contribution in [3.8, 4) is 5.75 Å². The second kappa shape index (κ2) is 25.5. The van der Waals surface area contributed by atoms with Crippen LogP contribution < -0.4 is 49.1 Å². The zero-order valence-corrected chi connectivity index (χ0v) is 34.8. The molecule has 8 atom stereocenters. The van der Waals surface area contributed by atoms with Crippen molar-refractivity contribution in [2.75, 3.05) is 6.54 Å². The molecule has 60 heavy (non-hydrogen) atoms. The van der Waals surface area contributed by atoms with Gasteiger partial charge in [-0.2, -0.15) is 0 Å². The van der Waals surface area contributed by atoms with Gasteiger partial charge >= 0.3 is 11.9 Å². The number of aliphatic hydroxyl groups is 1. The molecule has 336 valence electrons. The van der Waals surface area contributed by atoms with Crippen LogP contribution in [0, 0.1) is 11.8 Å². The monoisotopic (exact) mass is 850 g/mol. The average Bonchev–Trinajstić information content (AvgIpc) is 3.15. The summed E-state index contributed by atoms with van der Waals surface area (Å²) in [5.74, 6) is -9.06. The normalized spacial score (nSPS) is 15.1. The molecular weight excluding hydrogens is 788 g/mol. The van der Waals surface area contributed by atoms with Gasteiger partial charge in [0.05, 0.1) is 12.1 Å². The molecule has 0 aliphatic carbocycles. The Bertz CT molecular complexity index is 1670. The highest BCUT2D eigenvalue weighted by Crippen LogP contribution is 2.13. The van der Waals surface area contributed by atoms with Crippen LogP contribution in [0.1, 0.15) is 79.2 Å². The minimum absolute atomic E-state index is 0.0552. The Labute approximate surface area is 348 Å². The first-order valence-electron chi connectivity index (χ1n) is 19.5. The topological polar surface area (TPSA) is 380 Å². The first-order chi connectivity index (χ1) is 27.9. The van der Waals surface area contributed by atoms with Crippen LogP contribution in [0.3, 0.4) is 0 Å². The zero-order valence-electron chi connectivity index (χ0n) is 34.8. The fourth-order valence-corrected chi connectivity index (χ4v) is 5.59. The summed E-state index contributed by atoms with van der Waals surface area (Å²) in [5, 5.41) is 53.6. The molecule has 0 aliphatic heterocycles. The van der Waals surface area contributed by atoms with Gasteiger partial charge in [0, 0.05) is 19.4 Å². The Morgan fingerprint density at radius 3 is 1.70 bits per heavy atom. The summed E-state index contributed by atoms with van der Waals surface area (Å²) in [6.45, 7) is 9.21. The minimum atomic E-state index is -1.70. The average molecular weight is 851 g/mol. The number of guanidine groups is 1. The van der Waals surface area contributed by atoms with E-state index >= 15 is 0 Å². The van der Waals surface area contributed by atoms with Crippen LogP contribution in [0.25, 0.3) is 0 Å². The number of aliphatic carboxylic acids is 2. The van der Waals surface area contributed by atoms with E-state index in [-0.39, 0.29) is 43.4 Å². The molecule has 0 saturated carbocycles. The number of nitrogens with zero attached hydrogens (tertiary/aromatic N) is 1. The summed E-state index contributed by atoms with van der Waals surface area (Å²) in [5.41, 5.74) is 17.2. The molecule has 0 spiro atoms. The van der Waals surface area contributed by atoms with E-state index in [9.17, 15) is 58.8 Å². The van der Waals surface area contributed by atoms with E-state index in [1.165, 1.54) is 38.1 Å². The number of phenols is 1. The third kappa shape index (κ3) is 19.1. The maximum atomic E-state index is 13.7. The number of carboxylic acids is 2. The van der Waals surface area contributed by atoms with Crippen LogP contribution in [0.15, 0.2) is 29.3 Å². The van der Waals surface area contributed by atoms with Gasteiger partial charge in [0.15, 0.2) is 5.96 Å². The number of aliphatic hydroxyl groups excluding tert-OH is 1. The summed E-state index contributed by atoms with van der Waals surface area (Å²) in [6, 6.07) is -3.92. The van der Waals surface area contributed by atoms with Crippen LogP contribution in [-0.4, -0.2) is 129 Å². The fraction of sp³-hybridized carbons (Fsp3) is 0.605. The predicted octanol–water partition coefficient (Wildman–Crippen LogP) is -2.72. The molecule has 0 aliphatic rings. The van der Waals surface area contributed by atoms with Gasteiger partial charge in [0.1, 0.15) is 42.0 Å². The van der Waals surface area contributed by atoms with Gasteiger partial charge in [-0.1, -0.05) is 39.8 Å². The molecule has 6 amide bonds. The van der Waals surface area contributed by atoms with E-state index < -0.39 is 115 Å². The number of hydrogen-bond acceptors (Lipinski definition) is 12. The number of rotatable bonds is 26. The molecule has 22 nitrogen and oxygen atoms in total. The Kier molecular flexibility index (Phi) is 22.1. The van der Waals surface area contributed by atoms with E-state index in [0.29, 0.717) is 12.0 Å². The number of carbonyl (C=O) groups is 8. The number of nitrogens with two attached hydrogens (primary N) is 3. The lowest BCUT2D eigenvalue weighted by Gasteiger charge is -2.29. The number of benzene rings is 1. The summed E-state index contributed by atoms with van der Waals surface area (Å²) < 4.78 is 0. The van der Waals surface area contributed by atoms with E-state index in [4.69, 9.17) is 17.2 Å². The van der Waals surface area contributed by atoms with Gasteiger partial charge in [-0.3, -0.25) is 43.3 Å². The van der Waals surface area contributed by atoms with Gasteiger partial charge in [-0.15, -0.1) is 0 Å². The molecule has 0 aromatic heterocycles. The molecule has 1 aromatic rings. The number of hydrogen-bond donors (Lipinski definition) is 13. The van der Waals surface area contributed by atoms with Crippen molar-refractivity contribution in [1.29, 1.82) is 0 Å². The van der Waals surface area contributed by atoms with Gasteiger partial charge in [0.2, 0.25) is 35.4 Å². The predicted molar refractivity (Wildman–Crippen MR) is 217 cm³/mol. The fourth-order valence-electron chi connectivity index (χ4n) is 5.59. The maximum Gasteiger partial charge on any atom is 0.325 e. The standard InChI is InChI=1S/C38H62N10O12/c1-18(2)16-26(33(55)43-20(5)37(59)60)46-32(54)25(13-14-28(51)52)44-35(57)29(19(3)4)47-36(58)30(21(6)49)48-34(56)27(17-22-9-11-23(50)12-10-22)45-31(53)24(39)8-7-15-42-38(40)41/h9-12,18-21,24-27,29-30,49-50H,7-8,13-17,39H2,1-6H3,(H,43,55)(H,44,57)(H,45,53)(H,46,54)(H,47,58)(H,48,56)(H,51,52)(H,59,60)(H4,40,41,42)/t20-,21+,24-,25-,26-,27-,29-,30-/m0/s1. The summed E-state index contributed by atoms with van der Waals surface area (Å²) >= 11 is 0. The second-order valence-electron chi connectivity index (χ2n) is 15.2. The van der Waals surface area contributed by atoms with E-state index in [1.54, 1.807) is 27.7 Å². The highest BCUT2D eigenvalue weighted by atomic mass is 16.4. The smallest absolute Gasteiger partial charge is 0.325 e. The molecule has 16 N–H and O–H groups in total. The number of carboxylic acid groups (broad SMARTS) is 2. The van der Waals surface area contributed by atoms with Gasteiger partial charge in [0.25, 0.3) is 0 Å². The van der Waals surface area contributed by atoms with Crippen LogP contribution in [-0.2, 0) is 44.8 Å². The third-order valence-corrected chi connectivity index (χ3v) is 8.97. The number of nitrogens with one attached hydrogen (secondary N) is 6. The molecule has 0 bridgehead atoms. The van der Waals surface area contributed by atoms with Crippen molar-refractivity contribution in [2.45, 2.75) is 128 Å². The molecule has 0 heterocycles. The van der Waals surface area contributed by atoms with Crippen molar-refractivity contribution in [1.82, 2.24) is 31.9 Å². The van der Waals surface area contributed by atoms with Crippen LogP contribution in [0.2, 0.25) is 0 Å². The third-order valence-electron chi connectivity index (χ3n) is 8.97. The van der Waals surface area contributed by atoms with Crippen molar-refractivity contribution in [3.63, 3.8) is 0 Å². The summed E-state index contributed by atoms with van der Waals surface area (Å²) in [6.07, 6.45) is -2.18. The van der Waals surface area contributed by atoms with Gasteiger partial charge in [-0.05, 0) is 69.1 Å². The number of carbonyl (C=O) groups excluding carboxylic acids is 6. The highest BCUT2D eigenvalue weighted by molar-refractivity contribution is 5.97. The number of aromatic hydroxyl groups is 1. The summed E-state index contributed by atoms with van der Waals surface area (Å²) in [4.78, 5) is 107. The van der Waals surface area contributed by atoms with Crippen LogP contribution in [0.5, 0.6) is 5.75 Å². The lowest BCUT2D eigenvalue weighted by molar-refractivity contribution is -0.142. The van der Waals surface area contributed by atoms with Crippen molar-refractivity contribution in [2.24, 2.45) is 34.0 Å². The Hall–Kier alpha value is -6.03. The second-order valence-corrected chi connectivity index (χ2v) is 15.2. The molecule has 0 saturated heterocycles. The minimum Gasteiger partial charge on any atom is -0.508 e. The molecule has 22 heteroatoms. The molecular formula is C38H62N10O12. The molecule has 0 fully saturated rings. The first-order valence-corrected chi connectivity index (χ1v) is 19.5. The van der Waals surface area contributed by atoms with Crippen LogP contribution in [0.4, 0.5) is 0 Å². The molecule has 1 aromatic carbocycles. The molecule has 1 rings (SSSR count). The first kappa shape index (κ1) is 52.0. The number of phenolic OH excluding ortho intramolecular Hbond substituents is 1. The lowest BCUT2D eigenvalue weighted by atomic mass is 9.99. The number of amides is 6. The molecule has 0 radical (unpaired) electrons. The Morgan fingerprint density at radius 1 is 0.667 bits per heavy atom. The molecule has 0 unspecified atom stereocenters. The van der Waals surface area contributed by atoms with Gasteiger partial charge in [-0.25, -0.2) is 0 Å². The maximum absolute atomic E-state index is 13.7. The Morgan fingerprint density at radius 2 is 1.18 bits per heavy atom. The largest absolute Gasteiger partial charge is 0.508 e. The quantitative estimate of drug-likeness (QED) is 0.0256. The van der Waals surface area contributed by atoms with E-state index in [1.807, 2.05) is 0 Å². The highest BCUT2D eigenvalue weighted by Gasteiger charge is 2.36. The van der Waals surface area contributed by atoms with Gasteiger partial charge < -0.3 is 69.5 Å². The zero-order chi connectivity index (χ0) is 45.9. The number of aliphatic imine (C=N–C) groups is 1. The van der Waals surface area contributed by atoms with Crippen molar-refractivity contribution >= 4 is 53.3 Å². The van der Waals surface area contributed by atoms with E-state index in [0.717, 1.165) is 0 Å². The lowest BCUT2D eigenvalue weighted by Crippen LogP contribution is -2.62. The van der Waals surface area contributed by atoms with Crippen molar-refractivity contribution < 1.29 is 58.8 Å². The summed E-state index contributed by atoms with van der Waals surface area (Å²) in [7, 11) is 0. The van der Waals surface area contributed by atoms with Crippen LogP contribution >= 0.6 is 0 Å². The Balaban J connectivity index is 3.31. The SMILES string of the molecule is CC(C)C[C@H](NC(=O)[C@H](CCC(=O)O)NC(=O)[C@@H](NC(=O)[C@@H](NC(=O)[C@H](Cc1ccc(O)cc1)NC(=O)[C@@H](N)CCCN=C(N)N)[C@@H](C)O)C(C)C)C(=O)N[C@@H](C)C(=O)O. The van der Waals surface area contributed by atoms with Crippen molar-refractivity contribution in [3.05, 3.63) is 29.8 Å². The van der Waals surface area contributed by atoms with E-state index in [2.05, 4.69) is 36.9 Å².